The van der Waals surface area contributed by atoms with Crippen LogP contribution in [-0.2, 0) is 17.8 Å². The summed E-state index contributed by atoms with van der Waals surface area (Å²) in [6, 6.07) is 2.97. The molecule has 0 unspecified atom stereocenters. The van der Waals surface area contributed by atoms with Gasteiger partial charge in [0.2, 0.25) is 0 Å². The number of nitrogens with zero attached hydrogens (tertiary/aromatic N) is 2. The van der Waals surface area contributed by atoms with Crippen molar-refractivity contribution in [2.24, 2.45) is 0 Å². The van der Waals surface area contributed by atoms with Crippen LogP contribution in [0.5, 0.6) is 0 Å². The van der Waals surface area contributed by atoms with E-state index in [0.717, 1.165) is 22.9 Å². The lowest BCUT2D eigenvalue weighted by Crippen LogP contribution is -2.14. The van der Waals surface area contributed by atoms with E-state index in [0.29, 0.717) is 24.3 Å². The third-order valence-electron chi connectivity index (χ3n) is 3.16. The van der Waals surface area contributed by atoms with E-state index in [1.54, 1.807) is 0 Å². The number of carbonyl (C=O) groups is 1. The van der Waals surface area contributed by atoms with Crippen LogP contribution in [0.3, 0.4) is 0 Å². The van der Waals surface area contributed by atoms with E-state index in [2.05, 4.69) is 5.10 Å². The molecule has 0 radical (unpaired) electrons. The number of aromatic carboxylic acids is 1. The number of aromatic nitrogens is 2. The van der Waals surface area contributed by atoms with Gasteiger partial charge >= 0.3 is 5.97 Å². The summed E-state index contributed by atoms with van der Waals surface area (Å²) in [6.07, 6.45) is 0.394. The van der Waals surface area contributed by atoms with Crippen LogP contribution in [-0.4, -0.2) is 27.5 Å². The van der Waals surface area contributed by atoms with Crippen LogP contribution in [0, 0.1) is 11.6 Å². The summed E-state index contributed by atoms with van der Waals surface area (Å²) in [5.74, 6) is -2.50. The first kappa shape index (κ1) is 12.7. The van der Waals surface area contributed by atoms with Crippen LogP contribution in [0.2, 0.25) is 0 Å². The fourth-order valence-corrected chi connectivity index (χ4v) is 2.26. The summed E-state index contributed by atoms with van der Waals surface area (Å²) in [7, 11) is 0. The van der Waals surface area contributed by atoms with E-state index >= 15 is 0 Å². The zero-order valence-electron chi connectivity index (χ0n) is 10.3. The average molecular weight is 280 g/mol. The maximum Gasteiger partial charge on any atom is 0.356 e. The molecule has 0 spiro atoms. The van der Waals surface area contributed by atoms with Crippen LogP contribution >= 0.6 is 0 Å². The minimum atomic E-state index is -1.22. The summed E-state index contributed by atoms with van der Waals surface area (Å²) < 4.78 is 33.5. The van der Waals surface area contributed by atoms with Gasteiger partial charge in [-0.25, -0.2) is 18.3 Å². The van der Waals surface area contributed by atoms with Crippen molar-refractivity contribution in [2.45, 2.75) is 13.0 Å². The van der Waals surface area contributed by atoms with Crippen LogP contribution in [0.4, 0.5) is 8.78 Å². The Labute approximate surface area is 112 Å². The van der Waals surface area contributed by atoms with Crippen molar-refractivity contribution < 1.29 is 23.4 Å². The predicted molar refractivity (Wildman–Crippen MR) is 63.8 cm³/mol. The second kappa shape index (κ2) is 4.68. The van der Waals surface area contributed by atoms with Gasteiger partial charge in [0, 0.05) is 18.1 Å². The Bertz CT molecular complexity index is 697. The van der Waals surface area contributed by atoms with Gasteiger partial charge in [-0.1, -0.05) is 0 Å². The fraction of sp³-hybridized carbons (Fsp3) is 0.231. The molecule has 5 nitrogen and oxygen atoms in total. The van der Waals surface area contributed by atoms with Crippen molar-refractivity contribution in [3.8, 4) is 5.69 Å². The molecule has 2 aromatic rings. The number of fused-ring (bicyclic) bond motifs is 1. The molecule has 2 heterocycles. The van der Waals surface area contributed by atoms with Crippen molar-refractivity contribution in [3.05, 3.63) is 46.8 Å². The minimum Gasteiger partial charge on any atom is -0.476 e. The molecular weight excluding hydrogens is 270 g/mol. The molecule has 7 heteroatoms. The summed E-state index contributed by atoms with van der Waals surface area (Å²) in [5, 5.41) is 13.0. The van der Waals surface area contributed by atoms with Crippen molar-refractivity contribution in [1.82, 2.24) is 9.78 Å². The normalized spacial score (nSPS) is 14.1. The third-order valence-corrected chi connectivity index (χ3v) is 3.16. The molecule has 0 atom stereocenters. The average Bonchev–Trinajstić information content (AvgIpc) is 2.81. The van der Waals surface area contributed by atoms with Crippen LogP contribution in [0.1, 0.15) is 21.7 Å². The Hall–Kier alpha value is -2.28. The zero-order chi connectivity index (χ0) is 14.3. The van der Waals surface area contributed by atoms with Gasteiger partial charge in [-0.05, 0) is 12.1 Å². The lowest BCUT2D eigenvalue weighted by molar-refractivity contribution is 0.0677. The van der Waals surface area contributed by atoms with Gasteiger partial charge in [0.15, 0.2) is 5.69 Å². The Kier molecular flexibility index (Phi) is 2.98. The second-order valence-corrected chi connectivity index (χ2v) is 4.39. The van der Waals surface area contributed by atoms with Gasteiger partial charge in [0.05, 0.1) is 18.9 Å². The molecule has 1 aromatic carbocycles. The van der Waals surface area contributed by atoms with Gasteiger partial charge in [-0.3, -0.25) is 0 Å². The van der Waals surface area contributed by atoms with E-state index in [1.807, 2.05) is 0 Å². The summed E-state index contributed by atoms with van der Waals surface area (Å²) in [5.41, 5.74) is 0.657. The number of hydrogen-bond acceptors (Lipinski definition) is 3. The first-order valence-electron chi connectivity index (χ1n) is 5.95. The summed E-state index contributed by atoms with van der Waals surface area (Å²) >= 11 is 0. The van der Waals surface area contributed by atoms with Gasteiger partial charge in [0.1, 0.15) is 17.3 Å². The van der Waals surface area contributed by atoms with E-state index in [1.165, 1.54) is 0 Å². The van der Waals surface area contributed by atoms with Gasteiger partial charge in [-0.2, -0.15) is 5.10 Å². The Balaban J connectivity index is 2.23. The monoisotopic (exact) mass is 280 g/mol. The first-order valence-corrected chi connectivity index (χ1v) is 5.95. The number of rotatable bonds is 2. The molecule has 0 amide bonds. The van der Waals surface area contributed by atoms with Crippen LogP contribution < -0.4 is 0 Å². The van der Waals surface area contributed by atoms with E-state index in [-0.39, 0.29) is 18.0 Å². The number of ether oxygens (including phenoxy) is 1. The van der Waals surface area contributed by atoms with Crippen molar-refractivity contribution >= 4 is 5.97 Å². The highest BCUT2D eigenvalue weighted by atomic mass is 19.1. The van der Waals surface area contributed by atoms with Crippen LogP contribution in [0.15, 0.2) is 18.2 Å². The molecule has 0 bridgehead atoms. The topological polar surface area (TPSA) is 64.3 Å². The molecule has 0 saturated carbocycles. The minimum absolute atomic E-state index is 0.101. The molecule has 104 valence electrons. The van der Waals surface area contributed by atoms with E-state index in [9.17, 15) is 13.6 Å². The maximum atomic E-state index is 13.8. The van der Waals surface area contributed by atoms with Crippen molar-refractivity contribution in [3.63, 3.8) is 0 Å². The molecule has 1 aliphatic heterocycles. The zero-order valence-corrected chi connectivity index (χ0v) is 10.3. The van der Waals surface area contributed by atoms with Crippen molar-refractivity contribution in [2.75, 3.05) is 6.61 Å². The lowest BCUT2D eigenvalue weighted by Gasteiger charge is -2.15. The van der Waals surface area contributed by atoms with E-state index in [4.69, 9.17) is 9.84 Å². The lowest BCUT2D eigenvalue weighted by atomic mass is 10.1. The molecular formula is C13H10F2N2O3. The highest BCUT2D eigenvalue weighted by Gasteiger charge is 2.26. The largest absolute Gasteiger partial charge is 0.476 e. The molecule has 1 N–H and O–H groups in total. The number of benzene rings is 1. The van der Waals surface area contributed by atoms with Gasteiger partial charge in [-0.15, -0.1) is 0 Å². The number of carboxylic acids is 1. The number of halogens is 2. The molecule has 20 heavy (non-hydrogen) atoms. The highest BCUT2D eigenvalue weighted by Crippen LogP contribution is 2.25. The summed E-state index contributed by atoms with van der Waals surface area (Å²) in [6.45, 7) is 0.489. The molecule has 1 aliphatic rings. The molecule has 3 rings (SSSR count). The molecule has 0 fully saturated rings. The SMILES string of the molecule is O=C(O)c1nn(-c2cc(F)ccc2F)c2c1COCC2. The second-order valence-electron chi connectivity index (χ2n) is 4.39. The number of hydrogen-bond donors (Lipinski definition) is 1. The highest BCUT2D eigenvalue weighted by molar-refractivity contribution is 5.87. The fourth-order valence-electron chi connectivity index (χ4n) is 2.26. The van der Waals surface area contributed by atoms with Crippen molar-refractivity contribution in [1.29, 1.82) is 0 Å². The molecule has 0 saturated heterocycles. The Morgan fingerprint density at radius 1 is 1.40 bits per heavy atom. The molecule has 0 aliphatic carbocycles. The molecule has 1 aromatic heterocycles. The number of carboxylic acid groups (broad SMARTS) is 1. The third kappa shape index (κ3) is 1.96. The van der Waals surface area contributed by atoms with E-state index < -0.39 is 17.6 Å². The van der Waals surface area contributed by atoms with Gasteiger partial charge in [0.25, 0.3) is 0 Å². The smallest absolute Gasteiger partial charge is 0.356 e. The standard InChI is InChI=1S/C13H10F2N2O3/c14-7-1-2-9(15)11(5-7)17-10-3-4-20-6-8(10)12(16-17)13(18)19/h1-2,5H,3-4,6H2,(H,18,19). The first-order chi connectivity index (χ1) is 9.58. The summed E-state index contributed by atoms with van der Waals surface area (Å²) in [4.78, 5) is 11.2. The Morgan fingerprint density at radius 3 is 2.95 bits per heavy atom. The predicted octanol–water partition coefficient (Wildman–Crippen LogP) is 1.92. The quantitative estimate of drug-likeness (QED) is 0.912. The Morgan fingerprint density at radius 2 is 2.20 bits per heavy atom. The maximum absolute atomic E-state index is 13.8. The van der Waals surface area contributed by atoms with Crippen LogP contribution in [0.25, 0.3) is 5.69 Å². The van der Waals surface area contributed by atoms with Gasteiger partial charge < -0.3 is 9.84 Å².